The van der Waals surface area contributed by atoms with Crippen LogP contribution in [0.2, 0.25) is 5.02 Å². The van der Waals surface area contributed by atoms with Crippen molar-refractivity contribution in [2.24, 2.45) is 0 Å². The molecule has 0 bridgehead atoms. The molecule has 4 N–H and O–H groups in total. The van der Waals surface area contributed by atoms with Gasteiger partial charge in [-0.2, -0.15) is 0 Å². The number of amides is 2. The number of benzene rings is 2. The molecule has 0 aliphatic rings. The molecule has 0 fully saturated rings. The van der Waals surface area contributed by atoms with Gasteiger partial charge in [-0.15, -0.1) is 0 Å². The van der Waals surface area contributed by atoms with Crippen LogP contribution < -0.4 is 16.4 Å². The standard InChI is InChI=1S/C18H20ClN3O2/c1-2-16(12-6-4-3-5-7-12)22-17(23)11-21-18(24)13-8-14(19)10-15(20)9-13/h3-10,16H,2,11,20H2,1H3,(H,21,24)(H,22,23). The van der Waals surface area contributed by atoms with Crippen LogP contribution in [-0.2, 0) is 4.79 Å². The number of halogens is 1. The summed E-state index contributed by atoms with van der Waals surface area (Å²) in [5, 5.41) is 5.85. The van der Waals surface area contributed by atoms with Crippen molar-refractivity contribution in [3.8, 4) is 0 Å². The topological polar surface area (TPSA) is 84.2 Å². The average Bonchev–Trinajstić information content (AvgIpc) is 2.57. The number of carbonyl (C=O) groups is 2. The van der Waals surface area contributed by atoms with Gasteiger partial charge in [0.1, 0.15) is 0 Å². The van der Waals surface area contributed by atoms with Crippen molar-refractivity contribution < 1.29 is 9.59 Å². The van der Waals surface area contributed by atoms with Crippen molar-refractivity contribution in [3.05, 3.63) is 64.7 Å². The SMILES string of the molecule is CCC(NC(=O)CNC(=O)c1cc(N)cc(Cl)c1)c1ccccc1. The number of anilines is 1. The molecule has 2 amide bonds. The van der Waals surface area contributed by atoms with Crippen LogP contribution in [0.3, 0.4) is 0 Å². The van der Waals surface area contributed by atoms with Crippen LogP contribution in [-0.4, -0.2) is 18.4 Å². The van der Waals surface area contributed by atoms with E-state index in [0.717, 1.165) is 12.0 Å². The van der Waals surface area contributed by atoms with Crippen molar-refractivity contribution in [1.29, 1.82) is 0 Å². The van der Waals surface area contributed by atoms with E-state index in [1.54, 1.807) is 6.07 Å². The van der Waals surface area contributed by atoms with Crippen LogP contribution in [0.1, 0.15) is 35.3 Å². The first-order valence-electron chi connectivity index (χ1n) is 7.68. The zero-order chi connectivity index (χ0) is 17.5. The van der Waals surface area contributed by atoms with E-state index < -0.39 is 5.91 Å². The number of nitrogens with one attached hydrogen (secondary N) is 2. The maximum Gasteiger partial charge on any atom is 0.251 e. The highest BCUT2D eigenvalue weighted by molar-refractivity contribution is 6.31. The Morgan fingerprint density at radius 3 is 2.50 bits per heavy atom. The van der Waals surface area contributed by atoms with E-state index in [4.69, 9.17) is 17.3 Å². The lowest BCUT2D eigenvalue weighted by Crippen LogP contribution is -2.38. The smallest absolute Gasteiger partial charge is 0.251 e. The highest BCUT2D eigenvalue weighted by atomic mass is 35.5. The fourth-order valence-corrected chi connectivity index (χ4v) is 2.60. The molecule has 126 valence electrons. The normalized spacial score (nSPS) is 11.6. The van der Waals surface area contributed by atoms with Crippen LogP contribution in [0, 0.1) is 0 Å². The zero-order valence-electron chi connectivity index (χ0n) is 13.4. The molecule has 2 aromatic rings. The molecule has 1 atom stereocenters. The number of carbonyl (C=O) groups excluding carboxylic acids is 2. The van der Waals surface area contributed by atoms with E-state index in [1.807, 2.05) is 37.3 Å². The van der Waals surface area contributed by atoms with Gasteiger partial charge in [0.25, 0.3) is 5.91 Å². The summed E-state index contributed by atoms with van der Waals surface area (Å²) in [6.45, 7) is 1.87. The largest absolute Gasteiger partial charge is 0.399 e. The third-order valence-corrected chi connectivity index (χ3v) is 3.76. The number of hydrogen-bond donors (Lipinski definition) is 3. The number of rotatable bonds is 6. The highest BCUT2D eigenvalue weighted by Crippen LogP contribution is 2.17. The molecule has 0 aromatic heterocycles. The lowest BCUT2D eigenvalue weighted by atomic mass is 10.0. The molecular weight excluding hydrogens is 326 g/mol. The van der Waals surface area contributed by atoms with Crippen LogP contribution in [0.5, 0.6) is 0 Å². The van der Waals surface area contributed by atoms with Gasteiger partial charge in [-0.25, -0.2) is 0 Å². The third kappa shape index (κ3) is 4.99. The molecule has 1 unspecified atom stereocenters. The van der Waals surface area contributed by atoms with Crippen LogP contribution in [0.15, 0.2) is 48.5 Å². The van der Waals surface area contributed by atoms with Gasteiger partial charge in [0.05, 0.1) is 12.6 Å². The Balaban J connectivity index is 1.91. The second-order valence-corrected chi connectivity index (χ2v) is 5.83. The fourth-order valence-electron chi connectivity index (χ4n) is 2.36. The quantitative estimate of drug-likeness (QED) is 0.704. The minimum atomic E-state index is -0.396. The van der Waals surface area contributed by atoms with E-state index in [9.17, 15) is 9.59 Å². The first-order chi connectivity index (χ1) is 11.5. The Kier molecular flexibility index (Phi) is 6.21. The van der Waals surface area contributed by atoms with Gasteiger partial charge in [-0.3, -0.25) is 9.59 Å². The second-order valence-electron chi connectivity index (χ2n) is 5.39. The summed E-state index contributed by atoms with van der Waals surface area (Å²) < 4.78 is 0. The number of nitrogen functional groups attached to an aromatic ring is 1. The summed E-state index contributed by atoms with van der Waals surface area (Å²) in [5.74, 6) is -0.652. The van der Waals surface area contributed by atoms with E-state index in [-0.39, 0.29) is 18.5 Å². The van der Waals surface area contributed by atoms with Crippen molar-refractivity contribution in [2.45, 2.75) is 19.4 Å². The first-order valence-corrected chi connectivity index (χ1v) is 8.06. The third-order valence-electron chi connectivity index (χ3n) is 3.54. The maximum absolute atomic E-state index is 12.1. The van der Waals surface area contributed by atoms with Crippen molar-refractivity contribution in [1.82, 2.24) is 10.6 Å². The molecule has 2 rings (SSSR count). The number of hydrogen-bond acceptors (Lipinski definition) is 3. The lowest BCUT2D eigenvalue weighted by Gasteiger charge is -2.17. The average molecular weight is 346 g/mol. The minimum absolute atomic E-state index is 0.0857. The molecule has 0 saturated carbocycles. The predicted octanol–water partition coefficient (Wildman–Crippen LogP) is 2.92. The minimum Gasteiger partial charge on any atom is -0.399 e. The van der Waals surface area contributed by atoms with Crippen molar-refractivity contribution >= 4 is 29.1 Å². The zero-order valence-corrected chi connectivity index (χ0v) is 14.1. The predicted molar refractivity (Wildman–Crippen MR) is 95.8 cm³/mol. The van der Waals surface area contributed by atoms with E-state index >= 15 is 0 Å². The van der Waals surface area contributed by atoms with Crippen LogP contribution in [0.4, 0.5) is 5.69 Å². The van der Waals surface area contributed by atoms with E-state index in [1.165, 1.54) is 12.1 Å². The molecule has 0 aliphatic carbocycles. The monoisotopic (exact) mass is 345 g/mol. The molecule has 0 saturated heterocycles. The Morgan fingerprint density at radius 1 is 1.17 bits per heavy atom. The molecular formula is C18H20ClN3O2. The van der Waals surface area contributed by atoms with Gasteiger partial charge in [0, 0.05) is 16.3 Å². The van der Waals surface area contributed by atoms with Gasteiger partial charge < -0.3 is 16.4 Å². The van der Waals surface area contributed by atoms with Gasteiger partial charge >= 0.3 is 0 Å². The highest BCUT2D eigenvalue weighted by Gasteiger charge is 2.14. The molecule has 24 heavy (non-hydrogen) atoms. The number of nitrogens with two attached hydrogens (primary N) is 1. The Bertz CT molecular complexity index is 699. The van der Waals surface area contributed by atoms with Gasteiger partial charge in [-0.05, 0) is 30.2 Å². The maximum atomic E-state index is 12.1. The summed E-state index contributed by atoms with van der Waals surface area (Å²) >= 11 is 5.87. The van der Waals surface area contributed by atoms with E-state index in [0.29, 0.717) is 16.3 Å². The lowest BCUT2D eigenvalue weighted by molar-refractivity contribution is -0.120. The molecule has 5 nitrogen and oxygen atoms in total. The molecule has 6 heteroatoms. The van der Waals surface area contributed by atoms with Crippen molar-refractivity contribution in [2.75, 3.05) is 12.3 Å². The van der Waals surface area contributed by atoms with Crippen LogP contribution in [0.25, 0.3) is 0 Å². The summed E-state index contributed by atoms with van der Waals surface area (Å²) in [6, 6.07) is 14.2. The van der Waals surface area contributed by atoms with Gasteiger partial charge in [0.15, 0.2) is 0 Å². The Hall–Kier alpha value is -2.53. The fraction of sp³-hybridized carbons (Fsp3) is 0.222. The Morgan fingerprint density at radius 2 is 1.88 bits per heavy atom. The Labute approximate surface area is 146 Å². The van der Waals surface area contributed by atoms with Crippen molar-refractivity contribution in [3.63, 3.8) is 0 Å². The summed E-state index contributed by atoms with van der Waals surface area (Å²) in [4.78, 5) is 24.2. The molecule has 0 radical (unpaired) electrons. The van der Waals surface area contributed by atoms with E-state index in [2.05, 4.69) is 10.6 Å². The first kappa shape index (κ1) is 17.8. The summed E-state index contributed by atoms with van der Waals surface area (Å²) in [5.41, 5.74) is 7.41. The van der Waals surface area contributed by atoms with Gasteiger partial charge in [-0.1, -0.05) is 48.9 Å². The molecule has 0 aliphatic heterocycles. The summed E-state index contributed by atoms with van der Waals surface area (Å²) in [6.07, 6.45) is 0.758. The summed E-state index contributed by atoms with van der Waals surface area (Å²) in [7, 11) is 0. The molecule has 0 spiro atoms. The van der Waals surface area contributed by atoms with Crippen LogP contribution >= 0.6 is 11.6 Å². The second kappa shape index (κ2) is 8.36. The van der Waals surface area contributed by atoms with Gasteiger partial charge in [0.2, 0.25) is 5.91 Å². The molecule has 2 aromatic carbocycles. The molecule has 0 heterocycles.